The molecule has 2 rings (SSSR count). The number of halogens is 4. The normalized spacial score (nSPS) is 12.9. The molecule has 7 nitrogen and oxygen atoms in total. The number of hydrogen-bond acceptors (Lipinski definition) is 5. The molecule has 0 aliphatic heterocycles. The van der Waals surface area contributed by atoms with Crippen molar-refractivity contribution in [1.29, 1.82) is 0 Å². The fraction of sp³-hybridized carbons (Fsp3) is 0.368. The molecule has 1 unspecified atom stereocenters. The highest BCUT2D eigenvalue weighted by Crippen LogP contribution is 2.30. The molecule has 0 fully saturated rings. The minimum atomic E-state index is -4.59. The molecule has 1 aromatic heterocycles. The number of sulfonamides is 1. The van der Waals surface area contributed by atoms with Gasteiger partial charge in [0.1, 0.15) is 17.3 Å². The van der Waals surface area contributed by atoms with Crippen LogP contribution in [0.1, 0.15) is 29.7 Å². The molecule has 31 heavy (non-hydrogen) atoms. The van der Waals surface area contributed by atoms with Crippen molar-refractivity contribution < 1.29 is 30.8 Å². The zero-order chi connectivity index (χ0) is 23.6. The highest BCUT2D eigenvalue weighted by molar-refractivity contribution is 7.92. The Morgan fingerprint density at radius 1 is 1.19 bits per heavy atom. The van der Waals surface area contributed by atoms with E-state index in [0.717, 1.165) is 18.4 Å². The van der Waals surface area contributed by atoms with E-state index in [4.69, 9.17) is 0 Å². The van der Waals surface area contributed by atoms with Crippen molar-refractivity contribution >= 4 is 27.4 Å². The van der Waals surface area contributed by atoms with Crippen molar-refractivity contribution in [2.75, 3.05) is 30.0 Å². The summed E-state index contributed by atoms with van der Waals surface area (Å²) in [5.74, 6) is -2.07. The summed E-state index contributed by atoms with van der Waals surface area (Å²) in [6.07, 6.45) is -3.71. The average molecular weight is 462 g/mol. The summed E-state index contributed by atoms with van der Waals surface area (Å²) in [4.78, 5) is 17.5. The van der Waals surface area contributed by atoms with E-state index in [9.17, 15) is 30.8 Å². The minimum absolute atomic E-state index is 0.0602. The first kappa shape index (κ1) is 24.4. The first-order chi connectivity index (χ1) is 14.2. The summed E-state index contributed by atoms with van der Waals surface area (Å²) < 4.78 is 77.4. The second-order valence-electron chi connectivity index (χ2n) is 7.12. The summed E-state index contributed by atoms with van der Waals surface area (Å²) in [5, 5.41) is 2.60. The van der Waals surface area contributed by atoms with Crippen LogP contribution in [0.15, 0.2) is 30.3 Å². The van der Waals surface area contributed by atoms with Crippen molar-refractivity contribution in [3.8, 4) is 0 Å². The maximum atomic E-state index is 14.2. The Bertz CT molecular complexity index is 1070. The number of carbonyl (C=O) groups excluding carboxylic acids is 1. The number of anilines is 2. The molecule has 0 aliphatic rings. The van der Waals surface area contributed by atoms with Gasteiger partial charge in [-0.1, -0.05) is 12.1 Å². The molecular weight excluding hydrogens is 440 g/mol. The van der Waals surface area contributed by atoms with E-state index in [1.54, 1.807) is 0 Å². The summed E-state index contributed by atoms with van der Waals surface area (Å²) in [5.41, 5.74) is -0.618. The lowest BCUT2D eigenvalue weighted by Crippen LogP contribution is -2.29. The van der Waals surface area contributed by atoms with Crippen molar-refractivity contribution in [1.82, 2.24) is 10.3 Å². The third-order valence-electron chi connectivity index (χ3n) is 4.30. The van der Waals surface area contributed by atoms with Crippen LogP contribution >= 0.6 is 0 Å². The Labute approximate surface area is 177 Å². The van der Waals surface area contributed by atoms with E-state index >= 15 is 0 Å². The van der Waals surface area contributed by atoms with Crippen LogP contribution in [0.2, 0.25) is 0 Å². The number of alkyl halides is 3. The number of aromatic nitrogens is 1. The van der Waals surface area contributed by atoms with Crippen LogP contribution in [-0.4, -0.2) is 39.7 Å². The summed E-state index contributed by atoms with van der Waals surface area (Å²) in [6, 6.07) is 5.73. The van der Waals surface area contributed by atoms with Crippen LogP contribution in [0.5, 0.6) is 0 Å². The predicted molar refractivity (Wildman–Crippen MR) is 109 cm³/mol. The first-order valence-electron chi connectivity index (χ1n) is 8.98. The van der Waals surface area contributed by atoms with E-state index in [1.165, 1.54) is 44.1 Å². The van der Waals surface area contributed by atoms with Gasteiger partial charge in [-0.3, -0.25) is 9.52 Å². The molecule has 0 radical (unpaired) electrons. The van der Waals surface area contributed by atoms with Gasteiger partial charge in [0.25, 0.3) is 0 Å². The summed E-state index contributed by atoms with van der Waals surface area (Å²) in [7, 11) is -0.595. The molecule has 2 N–H and O–H groups in total. The Morgan fingerprint density at radius 2 is 1.84 bits per heavy atom. The largest absolute Gasteiger partial charge is 0.433 e. The van der Waals surface area contributed by atoms with Crippen LogP contribution in [0.3, 0.4) is 0 Å². The van der Waals surface area contributed by atoms with Crippen LogP contribution in [-0.2, 0) is 27.5 Å². The topological polar surface area (TPSA) is 91.4 Å². The van der Waals surface area contributed by atoms with Gasteiger partial charge in [0.2, 0.25) is 15.9 Å². The SMILES string of the molecule is CC(C(=O)NCc1ccc(C(F)(F)F)nc1N(C)C)c1ccc(NS(C)(=O)=O)c(F)c1. The van der Waals surface area contributed by atoms with E-state index in [0.29, 0.717) is 11.1 Å². The molecule has 1 amide bonds. The van der Waals surface area contributed by atoms with Crippen molar-refractivity contribution in [3.63, 3.8) is 0 Å². The minimum Gasteiger partial charge on any atom is -0.362 e. The number of carbonyl (C=O) groups is 1. The third kappa shape index (κ3) is 6.54. The zero-order valence-electron chi connectivity index (χ0n) is 17.2. The van der Waals surface area contributed by atoms with E-state index in [1.807, 2.05) is 4.72 Å². The van der Waals surface area contributed by atoms with Gasteiger partial charge in [-0.25, -0.2) is 17.8 Å². The molecule has 0 spiro atoms. The fourth-order valence-electron chi connectivity index (χ4n) is 2.73. The van der Waals surface area contributed by atoms with Crippen LogP contribution in [0.25, 0.3) is 0 Å². The second kappa shape index (κ2) is 9.08. The maximum absolute atomic E-state index is 14.2. The standard InChI is InChI=1S/C19H22F4N4O3S/c1-11(12-5-7-15(14(20)9-12)26-31(4,29)30)18(28)24-10-13-6-8-16(19(21,22)23)25-17(13)27(2)3/h5-9,11,26H,10H2,1-4H3,(H,24,28). The molecule has 0 saturated carbocycles. The van der Waals surface area contributed by atoms with Gasteiger partial charge in [0, 0.05) is 26.2 Å². The lowest BCUT2D eigenvalue weighted by Gasteiger charge is -2.19. The summed E-state index contributed by atoms with van der Waals surface area (Å²) >= 11 is 0. The van der Waals surface area contributed by atoms with Crippen molar-refractivity contribution in [2.45, 2.75) is 25.6 Å². The van der Waals surface area contributed by atoms with Gasteiger partial charge >= 0.3 is 6.18 Å². The van der Waals surface area contributed by atoms with Gasteiger partial charge in [0.05, 0.1) is 17.9 Å². The van der Waals surface area contributed by atoms with E-state index < -0.39 is 39.5 Å². The molecule has 12 heteroatoms. The number of nitrogens with one attached hydrogen (secondary N) is 2. The van der Waals surface area contributed by atoms with Crippen LogP contribution in [0.4, 0.5) is 29.1 Å². The molecule has 0 saturated heterocycles. The molecule has 1 aromatic carbocycles. The molecule has 170 valence electrons. The highest BCUT2D eigenvalue weighted by Gasteiger charge is 2.33. The van der Waals surface area contributed by atoms with E-state index in [2.05, 4.69) is 10.3 Å². The maximum Gasteiger partial charge on any atom is 0.433 e. The number of rotatable bonds is 7. The Balaban J connectivity index is 2.15. The monoisotopic (exact) mass is 462 g/mol. The van der Waals surface area contributed by atoms with Gasteiger partial charge in [-0.2, -0.15) is 13.2 Å². The fourth-order valence-corrected chi connectivity index (χ4v) is 3.30. The number of hydrogen-bond donors (Lipinski definition) is 2. The second-order valence-corrected chi connectivity index (χ2v) is 8.87. The lowest BCUT2D eigenvalue weighted by atomic mass is 9.99. The van der Waals surface area contributed by atoms with Gasteiger partial charge in [-0.05, 0) is 30.7 Å². The molecule has 2 aromatic rings. The van der Waals surface area contributed by atoms with Gasteiger partial charge in [-0.15, -0.1) is 0 Å². The smallest absolute Gasteiger partial charge is 0.362 e. The molecule has 1 atom stereocenters. The summed E-state index contributed by atoms with van der Waals surface area (Å²) in [6.45, 7) is 1.43. The zero-order valence-corrected chi connectivity index (χ0v) is 18.0. The quantitative estimate of drug-likeness (QED) is 0.617. The van der Waals surface area contributed by atoms with Gasteiger partial charge in [0.15, 0.2) is 0 Å². The first-order valence-corrected chi connectivity index (χ1v) is 10.9. The van der Waals surface area contributed by atoms with Gasteiger partial charge < -0.3 is 10.2 Å². The Hall–Kier alpha value is -2.89. The Kier molecular flexibility index (Phi) is 7.14. The predicted octanol–water partition coefficient (Wildman–Crippen LogP) is 3.10. The van der Waals surface area contributed by atoms with Crippen LogP contribution < -0.4 is 14.9 Å². The molecular formula is C19H22F4N4O3S. The van der Waals surface area contributed by atoms with E-state index in [-0.39, 0.29) is 18.1 Å². The number of amides is 1. The third-order valence-corrected chi connectivity index (χ3v) is 4.90. The number of benzene rings is 1. The highest BCUT2D eigenvalue weighted by atomic mass is 32.2. The molecule has 0 bridgehead atoms. The number of pyridine rings is 1. The molecule has 1 heterocycles. The Morgan fingerprint density at radius 3 is 2.35 bits per heavy atom. The molecule has 0 aliphatic carbocycles. The number of nitrogens with zero attached hydrogens (tertiary/aromatic N) is 2. The van der Waals surface area contributed by atoms with Crippen LogP contribution in [0, 0.1) is 5.82 Å². The lowest BCUT2D eigenvalue weighted by molar-refractivity contribution is -0.141. The van der Waals surface area contributed by atoms with Crippen molar-refractivity contribution in [2.24, 2.45) is 0 Å². The average Bonchev–Trinajstić information content (AvgIpc) is 2.65. The van der Waals surface area contributed by atoms with Crippen molar-refractivity contribution in [3.05, 3.63) is 53.0 Å².